The first-order valence-corrected chi connectivity index (χ1v) is 8.14. The van der Waals surface area contributed by atoms with Crippen molar-refractivity contribution in [2.75, 3.05) is 20.3 Å². The SMILES string of the molecule is COC(=O)c1ccc(COC(C)=O)c(B2OCC(C)(C)CO2)c1C(F)(F)F. The largest absolute Gasteiger partial charge is 0.494 e. The molecule has 0 amide bonds. The molecule has 1 aromatic rings. The number of esters is 2. The fourth-order valence-corrected chi connectivity index (χ4v) is 2.68. The van der Waals surface area contributed by atoms with Crippen molar-refractivity contribution in [3.8, 4) is 0 Å². The number of methoxy groups -OCH3 is 1. The summed E-state index contributed by atoms with van der Waals surface area (Å²) in [5, 5.41) is 0. The first kappa shape index (κ1) is 21.2. The number of carbonyl (C=O) groups excluding carboxylic acids is 2. The van der Waals surface area contributed by atoms with E-state index in [0.29, 0.717) is 0 Å². The normalized spacial score (nSPS) is 16.8. The predicted octanol–water partition coefficient (Wildman–Crippen LogP) is 2.32. The highest BCUT2D eigenvalue weighted by Gasteiger charge is 2.45. The quantitative estimate of drug-likeness (QED) is 0.583. The summed E-state index contributed by atoms with van der Waals surface area (Å²) in [6.45, 7) is 4.73. The summed E-state index contributed by atoms with van der Waals surface area (Å²) < 4.78 is 62.0. The van der Waals surface area contributed by atoms with Gasteiger partial charge >= 0.3 is 25.2 Å². The van der Waals surface area contributed by atoms with Crippen LogP contribution < -0.4 is 5.46 Å². The lowest BCUT2D eigenvalue weighted by Crippen LogP contribution is -2.51. The molecular weight excluding hydrogens is 368 g/mol. The number of carbonyl (C=O) groups is 2. The van der Waals surface area contributed by atoms with Gasteiger partial charge in [0.2, 0.25) is 0 Å². The van der Waals surface area contributed by atoms with Crippen molar-refractivity contribution < 1.29 is 41.5 Å². The van der Waals surface area contributed by atoms with Crippen LogP contribution in [0.15, 0.2) is 12.1 Å². The van der Waals surface area contributed by atoms with E-state index in [1.54, 1.807) is 0 Å². The molecule has 10 heteroatoms. The highest BCUT2D eigenvalue weighted by molar-refractivity contribution is 6.62. The van der Waals surface area contributed by atoms with Gasteiger partial charge in [0.25, 0.3) is 0 Å². The van der Waals surface area contributed by atoms with E-state index in [1.807, 2.05) is 13.8 Å². The first-order valence-electron chi connectivity index (χ1n) is 8.14. The summed E-state index contributed by atoms with van der Waals surface area (Å²) >= 11 is 0. The molecule has 1 saturated heterocycles. The van der Waals surface area contributed by atoms with Crippen LogP contribution in [-0.4, -0.2) is 39.4 Å². The number of hydrogen-bond acceptors (Lipinski definition) is 6. The zero-order valence-electron chi connectivity index (χ0n) is 15.4. The number of ether oxygens (including phenoxy) is 2. The molecule has 0 unspecified atom stereocenters. The second-order valence-corrected chi connectivity index (χ2v) is 6.95. The van der Waals surface area contributed by atoms with E-state index in [0.717, 1.165) is 20.1 Å². The lowest BCUT2D eigenvalue weighted by Gasteiger charge is -2.34. The Bertz CT molecular complexity index is 722. The Kier molecular flexibility index (Phi) is 6.21. The molecule has 0 spiro atoms. The van der Waals surface area contributed by atoms with Crippen LogP contribution >= 0.6 is 0 Å². The van der Waals surface area contributed by atoms with Gasteiger partial charge in [-0.3, -0.25) is 4.79 Å². The van der Waals surface area contributed by atoms with Crippen LogP contribution in [0.2, 0.25) is 0 Å². The van der Waals surface area contributed by atoms with Crippen LogP contribution in [0, 0.1) is 5.41 Å². The highest BCUT2D eigenvalue weighted by Crippen LogP contribution is 2.34. The van der Waals surface area contributed by atoms with Crippen LogP contribution in [0.1, 0.15) is 42.3 Å². The molecule has 1 aliphatic rings. The third kappa shape index (κ3) is 5.01. The van der Waals surface area contributed by atoms with Gasteiger partial charge in [-0.15, -0.1) is 0 Å². The molecule has 1 aromatic carbocycles. The Hall–Kier alpha value is -2.07. The number of benzene rings is 1. The number of hydrogen-bond donors (Lipinski definition) is 0. The fraction of sp³-hybridized carbons (Fsp3) is 0.529. The van der Waals surface area contributed by atoms with Crippen LogP contribution in [0.3, 0.4) is 0 Å². The van der Waals surface area contributed by atoms with Crippen molar-refractivity contribution in [3.05, 3.63) is 28.8 Å². The minimum atomic E-state index is -4.88. The number of halogens is 3. The molecule has 0 bridgehead atoms. The highest BCUT2D eigenvalue weighted by atomic mass is 19.4. The average molecular weight is 388 g/mol. The molecule has 0 aliphatic carbocycles. The van der Waals surface area contributed by atoms with Crippen molar-refractivity contribution in [2.24, 2.45) is 5.41 Å². The molecule has 27 heavy (non-hydrogen) atoms. The Morgan fingerprint density at radius 2 is 1.81 bits per heavy atom. The molecule has 2 rings (SSSR count). The molecular formula is C17H20BF3O6. The van der Waals surface area contributed by atoms with Gasteiger partial charge in [-0.2, -0.15) is 13.2 Å². The Morgan fingerprint density at radius 3 is 2.30 bits per heavy atom. The van der Waals surface area contributed by atoms with Crippen molar-refractivity contribution in [2.45, 2.75) is 33.6 Å². The second-order valence-electron chi connectivity index (χ2n) is 6.95. The van der Waals surface area contributed by atoms with Crippen LogP contribution in [0.25, 0.3) is 0 Å². The summed E-state index contributed by atoms with van der Waals surface area (Å²) in [7, 11) is -0.366. The summed E-state index contributed by atoms with van der Waals surface area (Å²) in [4.78, 5) is 23.0. The molecule has 0 radical (unpaired) electrons. The monoisotopic (exact) mass is 388 g/mol. The van der Waals surface area contributed by atoms with Gasteiger partial charge in [-0.05, 0) is 11.6 Å². The molecule has 0 saturated carbocycles. The smallest absolute Gasteiger partial charge is 0.465 e. The van der Waals surface area contributed by atoms with Crippen molar-refractivity contribution in [1.82, 2.24) is 0 Å². The standard InChI is InChI=1S/C17H20BF3O6/c1-10(22)25-7-11-5-6-12(15(23)24-4)13(17(19,20)21)14(11)18-26-8-16(2,3)9-27-18/h5-6H,7-9H2,1-4H3. The van der Waals surface area contributed by atoms with E-state index >= 15 is 0 Å². The van der Waals surface area contributed by atoms with Crippen molar-refractivity contribution >= 4 is 24.5 Å². The number of alkyl halides is 3. The van der Waals surface area contributed by atoms with Gasteiger partial charge in [0.1, 0.15) is 6.61 Å². The fourth-order valence-electron chi connectivity index (χ4n) is 2.68. The molecule has 148 valence electrons. The Balaban J connectivity index is 2.62. The van der Waals surface area contributed by atoms with E-state index in [4.69, 9.17) is 14.0 Å². The second kappa shape index (κ2) is 7.89. The molecule has 6 nitrogen and oxygen atoms in total. The predicted molar refractivity (Wildman–Crippen MR) is 89.3 cm³/mol. The third-order valence-electron chi connectivity index (χ3n) is 3.94. The van der Waals surface area contributed by atoms with Gasteiger partial charge in [-0.1, -0.05) is 19.9 Å². The topological polar surface area (TPSA) is 71.1 Å². The zero-order valence-corrected chi connectivity index (χ0v) is 15.4. The Morgan fingerprint density at radius 1 is 1.22 bits per heavy atom. The van der Waals surface area contributed by atoms with Gasteiger partial charge in [-0.25, -0.2) is 4.79 Å². The van der Waals surface area contributed by atoms with Gasteiger partial charge in [0.15, 0.2) is 0 Å². The molecule has 1 fully saturated rings. The minimum absolute atomic E-state index is 0.0369. The van der Waals surface area contributed by atoms with Crippen LogP contribution in [-0.2, 0) is 36.4 Å². The molecule has 0 aromatic heterocycles. The summed E-state index contributed by atoms with van der Waals surface area (Å²) in [6, 6.07) is 2.26. The van der Waals surface area contributed by atoms with Gasteiger partial charge < -0.3 is 18.8 Å². The average Bonchev–Trinajstić information content (AvgIpc) is 2.57. The summed E-state index contributed by atoms with van der Waals surface area (Å²) in [5.74, 6) is -1.79. The number of rotatable bonds is 4. The van der Waals surface area contributed by atoms with Gasteiger partial charge in [0, 0.05) is 31.0 Å². The molecule has 1 aliphatic heterocycles. The third-order valence-corrected chi connectivity index (χ3v) is 3.94. The van der Waals surface area contributed by atoms with E-state index < -0.39 is 43.0 Å². The minimum Gasteiger partial charge on any atom is -0.465 e. The van der Waals surface area contributed by atoms with Crippen molar-refractivity contribution in [1.29, 1.82) is 0 Å². The van der Waals surface area contributed by atoms with Crippen molar-refractivity contribution in [3.63, 3.8) is 0 Å². The Labute approximate surface area is 155 Å². The van der Waals surface area contributed by atoms with E-state index in [9.17, 15) is 22.8 Å². The zero-order chi connectivity index (χ0) is 20.4. The van der Waals surface area contributed by atoms with E-state index in [2.05, 4.69) is 4.74 Å². The molecule has 0 N–H and O–H groups in total. The van der Waals surface area contributed by atoms with E-state index in [1.165, 1.54) is 6.07 Å². The molecule has 1 heterocycles. The van der Waals surface area contributed by atoms with E-state index in [-0.39, 0.29) is 29.7 Å². The summed E-state index contributed by atoms with van der Waals surface area (Å²) in [6.07, 6.45) is -4.88. The lowest BCUT2D eigenvalue weighted by molar-refractivity contribution is -0.142. The maximum Gasteiger partial charge on any atom is 0.494 e. The maximum absolute atomic E-state index is 13.9. The maximum atomic E-state index is 13.9. The first-order chi connectivity index (χ1) is 12.5. The van der Waals surface area contributed by atoms with Gasteiger partial charge in [0.05, 0.1) is 18.2 Å². The lowest BCUT2D eigenvalue weighted by atomic mass is 9.69. The molecule has 0 atom stereocenters. The van der Waals surface area contributed by atoms with Crippen LogP contribution in [0.5, 0.6) is 0 Å². The summed E-state index contributed by atoms with van der Waals surface area (Å²) in [5.41, 5.74) is -2.60. The van der Waals surface area contributed by atoms with Crippen LogP contribution in [0.4, 0.5) is 13.2 Å².